The standard InChI is InChI=1S/C43H29NO/c1-4-15-29(16-5-1)32-22-12-23-33-34-24-13-28-39(42(34)45-41(32)33)44-38-27-14-26-37-40(38)35-21-10-11-25-36(35)43(37,30-17-6-2-7-18-30)31-19-8-3-9-20-31/h1-28,44H. The van der Waals surface area contributed by atoms with Crippen LogP contribution in [0, 0.1) is 0 Å². The number of nitrogens with one attached hydrogen (secondary N) is 1. The smallest absolute Gasteiger partial charge is 0.158 e. The van der Waals surface area contributed by atoms with Gasteiger partial charge >= 0.3 is 0 Å². The van der Waals surface area contributed by atoms with Crippen molar-refractivity contribution in [1.29, 1.82) is 0 Å². The summed E-state index contributed by atoms with van der Waals surface area (Å²) in [7, 11) is 0. The summed E-state index contributed by atoms with van der Waals surface area (Å²) in [6.07, 6.45) is 0. The number of hydrogen-bond acceptors (Lipinski definition) is 2. The second-order valence-electron chi connectivity index (χ2n) is 11.7. The van der Waals surface area contributed by atoms with Crippen molar-refractivity contribution < 1.29 is 4.42 Å². The summed E-state index contributed by atoms with van der Waals surface area (Å²) in [6.45, 7) is 0. The molecule has 1 aliphatic carbocycles. The lowest BCUT2D eigenvalue weighted by Crippen LogP contribution is -2.28. The van der Waals surface area contributed by atoms with Crippen molar-refractivity contribution in [3.05, 3.63) is 192 Å². The Hall–Kier alpha value is -5.86. The highest BCUT2D eigenvalue weighted by Gasteiger charge is 2.46. The third-order valence-electron chi connectivity index (χ3n) is 9.36. The topological polar surface area (TPSA) is 25.2 Å². The third kappa shape index (κ3) is 3.76. The molecular formula is C43H29NO. The Morgan fingerprint density at radius 3 is 1.67 bits per heavy atom. The zero-order chi connectivity index (χ0) is 29.8. The molecular weight excluding hydrogens is 546 g/mol. The third-order valence-corrected chi connectivity index (χ3v) is 9.36. The molecule has 212 valence electrons. The number of furan rings is 1. The minimum Gasteiger partial charge on any atom is -0.453 e. The Morgan fingerprint density at radius 2 is 0.933 bits per heavy atom. The molecule has 0 bridgehead atoms. The molecule has 0 unspecified atom stereocenters. The molecule has 0 atom stereocenters. The van der Waals surface area contributed by atoms with Crippen LogP contribution in [0.3, 0.4) is 0 Å². The fourth-order valence-corrected chi connectivity index (χ4v) is 7.51. The van der Waals surface area contributed by atoms with Crippen molar-refractivity contribution in [3.63, 3.8) is 0 Å². The maximum atomic E-state index is 6.75. The van der Waals surface area contributed by atoms with Crippen LogP contribution in [0.4, 0.5) is 11.4 Å². The molecule has 2 nitrogen and oxygen atoms in total. The number of benzene rings is 7. The molecule has 9 rings (SSSR count). The Labute approximate surface area is 262 Å². The molecule has 0 fully saturated rings. The number of hydrogen-bond donors (Lipinski definition) is 1. The molecule has 8 aromatic rings. The van der Waals surface area contributed by atoms with Crippen LogP contribution in [0.1, 0.15) is 22.3 Å². The quantitative estimate of drug-likeness (QED) is 0.221. The summed E-state index contributed by atoms with van der Waals surface area (Å²) >= 11 is 0. The zero-order valence-electron chi connectivity index (χ0n) is 24.6. The predicted octanol–water partition coefficient (Wildman–Crippen LogP) is 11.4. The first-order valence-electron chi connectivity index (χ1n) is 15.4. The lowest BCUT2D eigenvalue weighted by molar-refractivity contribution is 0.671. The zero-order valence-corrected chi connectivity index (χ0v) is 24.6. The van der Waals surface area contributed by atoms with Gasteiger partial charge in [-0.1, -0.05) is 158 Å². The van der Waals surface area contributed by atoms with Gasteiger partial charge in [0.05, 0.1) is 11.1 Å². The van der Waals surface area contributed by atoms with Crippen LogP contribution >= 0.6 is 0 Å². The first-order valence-corrected chi connectivity index (χ1v) is 15.4. The molecule has 1 aliphatic rings. The van der Waals surface area contributed by atoms with Crippen molar-refractivity contribution in [3.8, 4) is 22.3 Å². The molecule has 1 N–H and O–H groups in total. The molecule has 0 aliphatic heterocycles. The molecule has 1 aromatic heterocycles. The van der Waals surface area contributed by atoms with Gasteiger partial charge in [0.15, 0.2) is 5.58 Å². The molecule has 0 radical (unpaired) electrons. The summed E-state index contributed by atoms with van der Waals surface area (Å²) in [6, 6.07) is 60.6. The summed E-state index contributed by atoms with van der Waals surface area (Å²) in [5.41, 5.74) is 13.1. The van der Waals surface area contributed by atoms with Gasteiger partial charge in [-0.25, -0.2) is 0 Å². The van der Waals surface area contributed by atoms with Gasteiger partial charge in [-0.15, -0.1) is 0 Å². The van der Waals surface area contributed by atoms with E-state index < -0.39 is 5.41 Å². The van der Waals surface area contributed by atoms with E-state index in [9.17, 15) is 0 Å². The highest BCUT2D eigenvalue weighted by molar-refractivity contribution is 6.13. The van der Waals surface area contributed by atoms with E-state index in [1.807, 2.05) is 6.07 Å². The van der Waals surface area contributed by atoms with E-state index in [1.54, 1.807) is 0 Å². The van der Waals surface area contributed by atoms with Gasteiger partial charge in [0.25, 0.3) is 0 Å². The normalized spacial score (nSPS) is 13.1. The molecule has 2 heteroatoms. The van der Waals surface area contributed by atoms with E-state index >= 15 is 0 Å². The molecule has 45 heavy (non-hydrogen) atoms. The fraction of sp³-hybridized carbons (Fsp3) is 0.0233. The second-order valence-corrected chi connectivity index (χ2v) is 11.7. The van der Waals surface area contributed by atoms with Gasteiger partial charge in [0, 0.05) is 27.6 Å². The van der Waals surface area contributed by atoms with E-state index in [4.69, 9.17) is 4.42 Å². The average Bonchev–Trinajstić information content (AvgIpc) is 3.65. The molecule has 1 heterocycles. The highest BCUT2D eigenvalue weighted by atomic mass is 16.3. The van der Waals surface area contributed by atoms with Gasteiger partial charge < -0.3 is 9.73 Å². The van der Waals surface area contributed by atoms with Crippen molar-refractivity contribution in [2.75, 3.05) is 5.32 Å². The summed E-state index contributed by atoms with van der Waals surface area (Å²) in [4.78, 5) is 0. The summed E-state index contributed by atoms with van der Waals surface area (Å²) in [5.74, 6) is 0. The van der Waals surface area contributed by atoms with Gasteiger partial charge in [-0.3, -0.25) is 0 Å². The Kier molecular flexibility index (Phi) is 5.76. The van der Waals surface area contributed by atoms with E-state index in [-0.39, 0.29) is 0 Å². The van der Waals surface area contributed by atoms with Crippen LogP contribution in [0.2, 0.25) is 0 Å². The Bertz CT molecular complexity index is 2300. The van der Waals surface area contributed by atoms with Crippen LogP contribution in [0.15, 0.2) is 174 Å². The Morgan fingerprint density at radius 1 is 0.400 bits per heavy atom. The molecule has 0 saturated heterocycles. The molecule has 0 spiro atoms. The average molecular weight is 576 g/mol. The van der Waals surface area contributed by atoms with E-state index in [2.05, 4.69) is 169 Å². The Balaban J connectivity index is 1.27. The minimum absolute atomic E-state index is 0.442. The minimum atomic E-state index is -0.442. The van der Waals surface area contributed by atoms with Gasteiger partial charge in [0.2, 0.25) is 0 Å². The fourth-order valence-electron chi connectivity index (χ4n) is 7.51. The predicted molar refractivity (Wildman–Crippen MR) is 186 cm³/mol. The molecule has 7 aromatic carbocycles. The largest absolute Gasteiger partial charge is 0.453 e. The van der Waals surface area contributed by atoms with Gasteiger partial charge in [-0.05, 0) is 45.5 Å². The molecule has 0 saturated carbocycles. The van der Waals surface area contributed by atoms with Crippen LogP contribution in [0.5, 0.6) is 0 Å². The van der Waals surface area contributed by atoms with Crippen molar-refractivity contribution in [2.24, 2.45) is 0 Å². The summed E-state index contributed by atoms with van der Waals surface area (Å²) < 4.78 is 6.75. The number of fused-ring (bicyclic) bond motifs is 6. The van der Waals surface area contributed by atoms with Crippen molar-refractivity contribution >= 4 is 33.3 Å². The first-order chi connectivity index (χ1) is 22.3. The van der Waals surface area contributed by atoms with Crippen LogP contribution in [0.25, 0.3) is 44.2 Å². The maximum Gasteiger partial charge on any atom is 0.158 e. The van der Waals surface area contributed by atoms with Crippen molar-refractivity contribution in [2.45, 2.75) is 5.41 Å². The monoisotopic (exact) mass is 575 g/mol. The van der Waals surface area contributed by atoms with Gasteiger partial charge in [0.1, 0.15) is 5.58 Å². The number of para-hydroxylation sites is 2. The molecule has 0 amide bonds. The summed E-state index contributed by atoms with van der Waals surface area (Å²) in [5, 5.41) is 6.07. The van der Waals surface area contributed by atoms with Crippen LogP contribution in [-0.2, 0) is 5.41 Å². The van der Waals surface area contributed by atoms with Crippen LogP contribution in [-0.4, -0.2) is 0 Å². The lowest BCUT2D eigenvalue weighted by Gasteiger charge is -2.33. The SMILES string of the molecule is c1ccc(-c2cccc3c2oc2c(Nc4cccc5c4-c4ccccc4C5(c4ccccc4)c4ccccc4)cccc23)cc1. The van der Waals surface area contributed by atoms with Gasteiger partial charge in [-0.2, -0.15) is 0 Å². The second kappa shape index (κ2) is 10.1. The maximum absolute atomic E-state index is 6.75. The first kappa shape index (κ1) is 25.6. The van der Waals surface area contributed by atoms with Crippen LogP contribution < -0.4 is 5.32 Å². The number of rotatable bonds is 5. The van der Waals surface area contributed by atoms with Crippen molar-refractivity contribution in [1.82, 2.24) is 0 Å². The van der Waals surface area contributed by atoms with E-state index in [1.165, 1.54) is 33.4 Å². The highest BCUT2D eigenvalue weighted by Crippen LogP contribution is 2.58. The lowest BCUT2D eigenvalue weighted by atomic mass is 9.68. The van der Waals surface area contributed by atoms with E-state index in [0.717, 1.165) is 44.4 Å². The van der Waals surface area contributed by atoms with E-state index in [0.29, 0.717) is 0 Å². The number of anilines is 2.